The van der Waals surface area contributed by atoms with Crippen LogP contribution in [0.5, 0.6) is 5.75 Å². The summed E-state index contributed by atoms with van der Waals surface area (Å²) in [6.07, 6.45) is 1.79. The van der Waals surface area contributed by atoms with Crippen LogP contribution in [-0.4, -0.2) is 39.6 Å². The summed E-state index contributed by atoms with van der Waals surface area (Å²) in [6, 6.07) is 7.79. The lowest BCUT2D eigenvalue weighted by Crippen LogP contribution is -2.37. The Morgan fingerprint density at radius 2 is 2.00 bits per heavy atom. The lowest BCUT2D eigenvalue weighted by molar-refractivity contribution is -0.119. The molecule has 0 bridgehead atoms. The van der Waals surface area contributed by atoms with Gasteiger partial charge in [-0.05, 0) is 37.1 Å². The van der Waals surface area contributed by atoms with E-state index in [-0.39, 0.29) is 11.9 Å². The normalized spacial score (nSPS) is 12.0. The van der Waals surface area contributed by atoms with Gasteiger partial charge in [0.2, 0.25) is 5.91 Å². The Kier molecular flexibility index (Phi) is 7.26. The maximum atomic E-state index is 12.1. The van der Waals surface area contributed by atoms with E-state index in [9.17, 15) is 4.79 Å². The summed E-state index contributed by atoms with van der Waals surface area (Å²) in [4.78, 5) is 12.1. The Morgan fingerprint density at radius 3 is 2.58 bits per heavy atom. The molecule has 0 unspecified atom stereocenters. The summed E-state index contributed by atoms with van der Waals surface area (Å²) < 4.78 is 7.15. The topological polar surface area (TPSA) is 69.0 Å². The van der Waals surface area contributed by atoms with Gasteiger partial charge in [-0.25, -0.2) is 0 Å². The number of nitrogens with zero attached hydrogens (tertiary/aromatic N) is 3. The number of hydrogen-bond acceptors (Lipinski definition) is 5. The van der Waals surface area contributed by atoms with Crippen LogP contribution in [0.3, 0.4) is 0 Å². The first-order chi connectivity index (χ1) is 12.5. The number of benzene rings is 1. The molecule has 0 aliphatic carbocycles. The highest BCUT2D eigenvalue weighted by Crippen LogP contribution is 2.25. The molecule has 6 nitrogen and oxygen atoms in total. The molecule has 2 rings (SSSR count). The standard InChI is InChI=1S/C19H26N4O2S/c1-6-11-23-18(15-7-9-16(25-5)10-8-15)21-22-19(23)26-12-17(24)20-14(4)13(2)3/h6-10,13-14H,1,11-12H2,2-5H3,(H,20,24)/t14-/m1/s1. The molecule has 140 valence electrons. The number of rotatable bonds is 9. The summed E-state index contributed by atoms with van der Waals surface area (Å²) >= 11 is 1.38. The van der Waals surface area contributed by atoms with E-state index in [1.165, 1.54) is 11.8 Å². The van der Waals surface area contributed by atoms with E-state index in [1.54, 1.807) is 13.2 Å². The lowest BCUT2D eigenvalue weighted by Gasteiger charge is -2.17. The quantitative estimate of drug-likeness (QED) is 0.538. The first kappa shape index (κ1) is 20.0. The third-order valence-corrected chi connectivity index (χ3v) is 5.06. The molecule has 2 aromatic rings. The molecule has 26 heavy (non-hydrogen) atoms. The van der Waals surface area contributed by atoms with E-state index in [2.05, 4.69) is 35.9 Å². The molecule has 1 aromatic carbocycles. The maximum absolute atomic E-state index is 12.1. The Balaban J connectivity index is 2.12. The molecular formula is C19H26N4O2S. The second kappa shape index (κ2) is 9.43. The van der Waals surface area contributed by atoms with E-state index in [1.807, 2.05) is 35.8 Å². The largest absolute Gasteiger partial charge is 0.497 e. The van der Waals surface area contributed by atoms with Gasteiger partial charge < -0.3 is 10.1 Å². The van der Waals surface area contributed by atoms with Crippen molar-refractivity contribution in [3.8, 4) is 17.1 Å². The van der Waals surface area contributed by atoms with Gasteiger partial charge in [-0.15, -0.1) is 16.8 Å². The second-order valence-corrected chi connectivity index (χ2v) is 7.27. The Labute approximate surface area is 159 Å². The fourth-order valence-electron chi connectivity index (χ4n) is 2.24. The number of hydrogen-bond donors (Lipinski definition) is 1. The molecule has 0 fully saturated rings. The first-order valence-corrected chi connectivity index (χ1v) is 9.55. The number of allylic oxidation sites excluding steroid dienone is 1. The second-order valence-electron chi connectivity index (χ2n) is 6.32. The van der Waals surface area contributed by atoms with Crippen LogP contribution in [0.15, 0.2) is 42.1 Å². The Morgan fingerprint density at radius 1 is 1.31 bits per heavy atom. The average Bonchev–Trinajstić information content (AvgIpc) is 3.03. The van der Waals surface area contributed by atoms with Crippen LogP contribution in [0.2, 0.25) is 0 Å². The van der Waals surface area contributed by atoms with Gasteiger partial charge in [-0.3, -0.25) is 9.36 Å². The van der Waals surface area contributed by atoms with Gasteiger partial charge in [0.05, 0.1) is 12.9 Å². The molecule has 0 spiro atoms. The molecule has 7 heteroatoms. The fraction of sp³-hybridized carbons (Fsp3) is 0.421. The zero-order chi connectivity index (χ0) is 19.1. The van der Waals surface area contributed by atoms with Crippen molar-refractivity contribution in [1.29, 1.82) is 0 Å². The van der Waals surface area contributed by atoms with Crippen molar-refractivity contribution in [2.75, 3.05) is 12.9 Å². The highest BCUT2D eigenvalue weighted by Gasteiger charge is 2.16. The van der Waals surface area contributed by atoms with E-state index < -0.39 is 0 Å². The molecule has 1 amide bonds. The van der Waals surface area contributed by atoms with Gasteiger partial charge >= 0.3 is 0 Å². The average molecular weight is 375 g/mol. The van der Waals surface area contributed by atoms with E-state index in [0.29, 0.717) is 23.4 Å². The number of methoxy groups -OCH3 is 1. The summed E-state index contributed by atoms with van der Waals surface area (Å²) in [5, 5.41) is 12.3. The smallest absolute Gasteiger partial charge is 0.230 e. The SMILES string of the molecule is C=CCn1c(SCC(=O)N[C@H](C)C(C)C)nnc1-c1ccc(OC)cc1. The maximum Gasteiger partial charge on any atom is 0.230 e. The van der Waals surface area contributed by atoms with Crippen LogP contribution >= 0.6 is 11.8 Å². The van der Waals surface area contributed by atoms with Crippen LogP contribution < -0.4 is 10.1 Å². The van der Waals surface area contributed by atoms with Crippen LogP contribution in [0.1, 0.15) is 20.8 Å². The predicted molar refractivity (Wildman–Crippen MR) is 105 cm³/mol. The van der Waals surface area contributed by atoms with Gasteiger partial charge in [-0.2, -0.15) is 0 Å². The minimum atomic E-state index is -0.00431. The van der Waals surface area contributed by atoms with Crippen LogP contribution in [0, 0.1) is 5.92 Å². The first-order valence-electron chi connectivity index (χ1n) is 8.57. The third-order valence-electron chi connectivity index (χ3n) is 4.10. The zero-order valence-corrected chi connectivity index (χ0v) is 16.5. The van der Waals surface area contributed by atoms with Crippen LogP contribution in [0.4, 0.5) is 0 Å². The fourth-order valence-corrected chi connectivity index (χ4v) is 2.99. The van der Waals surface area contributed by atoms with E-state index >= 15 is 0 Å². The number of carbonyl (C=O) groups excluding carboxylic acids is 1. The summed E-state index contributed by atoms with van der Waals surface area (Å²) in [7, 11) is 1.63. The van der Waals surface area contributed by atoms with Crippen molar-refractivity contribution in [2.24, 2.45) is 5.92 Å². The molecule has 1 N–H and O–H groups in total. The Hall–Kier alpha value is -2.28. The number of ether oxygens (including phenoxy) is 1. The minimum Gasteiger partial charge on any atom is -0.497 e. The molecular weight excluding hydrogens is 348 g/mol. The molecule has 1 aromatic heterocycles. The van der Waals surface area contributed by atoms with Crippen molar-refractivity contribution in [3.05, 3.63) is 36.9 Å². The molecule has 0 aliphatic heterocycles. The molecule has 0 radical (unpaired) electrons. The molecule has 0 saturated carbocycles. The van der Waals surface area contributed by atoms with Gasteiger partial charge in [0.15, 0.2) is 11.0 Å². The van der Waals surface area contributed by atoms with Crippen molar-refractivity contribution < 1.29 is 9.53 Å². The van der Waals surface area contributed by atoms with Crippen molar-refractivity contribution >= 4 is 17.7 Å². The van der Waals surface area contributed by atoms with E-state index in [0.717, 1.165) is 17.1 Å². The monoisotopic (exact) mass is 374 g/mol. The third kappa shape index (κ3) is 5.11. The van der Waals surface area contributed by atoms with Crippen LogP contribution in [0.25, 0.3) is 11.4 Å². The molecule has 0 aliphatic rings. The highest BCUT2D eigenvalue weighted by molar-refractivity contribution is 7.99. The Bertz CT molecular complexity index is 740. The van der Waals surface area contributed by atoms with Gasteiger partial charge in [0, 0.05) is 18.2 Å². The predicted octanol–water partition coefficient (Wildman–Crippen LogP) is 3.39. The molecule has 1 atom stereocenters. The summed E-state index contributed by atoms with van der Waals surface area (Å²) in [5.41, 5.74) is 0.935. The number of amides is 1. The number of carbonyl (C=O) groups is 1. The minimum absolute atomic E-state index is 0.00431. The highest BCUT2D eigenvalue weighted by atomic mass is 32.2. The lowest BCUT2D eigenvalue weighted by atomic mass is 10.1. The van der Waals surface area contributed by atoms with Gasteiger partial charge in [0.1, 0.15) is 5.75 Å². The number of aromatic nitrogens is 3. The summed E-state index contributed by atoms with van der Waals surface area (Å²) in [5.74, 6) is 2.22. The number of nitrogens with one attached hydrogen (secondary N) is 1. The van der Waals surface area contributed by atoms with Crippen molar-refractivity contribution in [3.63, 3.8) is 0 Å². The van der Waals surface area contributed by atoms with Crippen molar-refractivity contribution in [1.82, 2.24) is 20.1 Å². The zero-order valence-electron chi connectivity index (χ0n) is 15.7. The summed E-state index contributed by atoms with van der Waals surface area (Å²) in [6.45, 7) is 10.6. The van der Waals surface area contributed by atoms with E-state index in [4.69, 9.17) is 4.74 Å². The van der Waals surface area contributed by atoms with Crippen LogP contribution in [-0.2, 0) is 11.3 Å². The molecule has 1 heterocycles. The van der Waals surface area contributed by atoms with Gasteiger partial charge in [0.25, 0.3) is 0 Å². The van der Waals surface area contributed by atoms with Gasteiger partial charge in [-0.1, -0.05) is 31.7 Å². The number of thioether (sulfide) groups is 1. The molecule has 0 saturated heterocycles. The van der Waals surface area contributed by atoms with Crippen molar-refractivity contribution in [2.45, 2.75) is 38.5 Å².